The lowest BCUT2D eigenvalue weighted by atomic mass is 9.99. The molecule has 0 saturated carbocycles. The summed E-state index contributed by atoms with van der Waals surface area (Å²) in [4.78, 5) is 7.90. The molecule has 0 unspecified atom stereocenters. The predicted molar refractivity (Wildman–Crippen MR) is 70.8 cm³/mol. The van der Waals surface area contributed by atoms with Crippen molar-refractivity contribution >= 4 is 17.0 Å². The van der Waals surface area contributed by atoms with Crippen molar-refractivity contribution in [2.45, 2.75) is 19.5 Å². The van der Waals surface area contributed by atoms with E-state index in [4.69, 9.17) is 5.73 Å². The number of nitrogens with zero attached hydrogens (tertiary/aromatic N) is 2. The number of nitrogen functional groups attached to an aromatic ring is 1. The van der Waals surface area contributed by atoms with E-state index in [0.29, 0.717) is 0 Å². The molecular formula is C13H15N3S. The predicted octanol–water partition coefficient (Wildman–Crippen LogP) is 2.28. The largest absolute Gasteiger partial charge is 0.399 e. The van der Waals surface area contributed by atoms with Crippen molar-refractivity contribution in [3.63, 3.8) is 0 Å². The zero-order chi connectivity index (χ0) is 11.7. The van der Waals surface area contributed by atoms with Gasteiger partial charge in [-0.15, -0.1) is 11.3 Å². The van der Waals surface area contributed by atoms with Crippen molar-refractivity contribution in [2.24, 2.45) is 0 Å². The van der Waals surface area contributed by atoms with Crippen LogP contribution < -0.4 is 5.73 Å². The van der Waals surface area contributed by atoms with Crippen LogP contribution >= 0.6 is 11.3 Å². The fourth-order valence-corrected chi connectivity index (χ4v) is 2.95. The molecule has 3 nitrogen and oxygen atoms in total. The first-order valence-corrected chi connectivity index (χ1v) is 6.66. The maximum absolute atomic E-state index is 5.84. The summed E-state index contributed by atoms with van der Waals surface area (Å²) in [5.41, 5.74) is 11.4. The third-order valence-corrected chi connectivity index (χ3v) is 3.95. The van der Waals surface area contributed by atoms with Gasteiger partial charge in [0.2, 0.25) is 0 Å². The first-order chi connectivity index (χ1) is 8.31. The summed E-state index contributed by atoms with van der Waals surface area (Å²) >= 11 is 1.72. The zero-order valence-corrected chi connectivity index (χ0v) is 10.4. The van der Waals surface area contributed by atoms with Crippen molar-refractivity contribution < 1.29 is 0 Å². The highest BCUT2D eigenvalue weighted by Gasteiger charge is 2.16. The number of aromatic nitrogens is 1. The summed E-state index contributed by atoms with van der Waals surface area (Å²) in [5.74, 6) is 0. The number of hydrogen-bond donors (Lipinski definition) is 1. The Morgan fingerprint density at radius 3 is 3.12 bits per heavy atom. The minimum absolute atomic E-state index is 0.864. The van der Waals surface area contributed by atoms with Gasteiger partial charge in [0.15, 0.2) is 0 Å². The van der Waals surface area contributed by atoms with E-state index in [2.05, 4.69) is 22.0 Å². The Morgan fingerprint density at radius 1 is 1.35 bits per heavy atom. The fourth-order valence-electron chi connectivity index (χ4n) is 2.31. The second-order valence-corrected chi connectivity index (χ2v) is 5.43. The van der Waals surface area contributed by atoms with E-state index in [1.165, 1.54) is 16.0 Å². The number of rotatable bonds is 2. The fraction of sp³-hybridized carbons (Fsp3) is 0.308. The van der Waals surface area contributed by atoms with Crippen molar-refractivity contribution in [2.75, 3.05) is 12.3 Å². The highest BCUT2D eigenvalue weighted by Crippen LogP contribution is 2.23. The van der Waals surface area contributed by atoms with Crippen LogP contribution in [-0.2, 0) is 19.5 Å². The van der Waals surface area contributed by atoms with Gasteiger partial charge in [-0.3, -0.25) is 9.88 Å². The van der Waals surface area contributed by atoms with Crippen molar-refractivity contribution in [1.29, 1.82) is 0 Å². The van der Waals surface area contributed by atoms with E-state index >= 15 is 0 Å². The van der Waals surface area contributed by atoms with Crippen LogP contribution in [0.25, 0.3) is 0 Å². The highest BCUT2D eigenvalue weighted by molar-refractivity contribution is 7.09. The van der Waals surface area contributed by atoms with Crippen LogP contribution in [0.5, 0.6) is 0 Å². The molecule has 2 N–H and O–H groups in total. The number of benzene rings is 1. The lowest BCUT2D eigenvalue weighted by molar-refractivity contribution is 0.247. The molecule has 0 radical (unpaired) electrons. The Hall–Kier alpha value is -1.39. The van der Waals surface area contributed by atoms with E-state index in [-0.39, 0.29) is 0 Å². The van der Waals surface area contributed by atoms with Crippen LogP contribution in [0.3, 0.4) is 0 Å². The quantitative estimate of drug-likeness (QED) is 0.825. The van der Waals surface area contributed by atoms with Gasteiger partial charge in [-0.2, -0.15) is 0 Å². The molecule has 0 amide bonds. The number of hydrogen-bond acceptors (Lipinski definition) is 4. The lowest BCUT2D eigenvalue weighted by Gasteiger charge is -2.28. The van der Waals surface area contributed by atoms with Gasteiger partial charge in [-0.05, 0) is 29.7 Å². The second kappa shape index (κ2) is 4.47. The summed E-state index contributed by atoms with van der Waals surface area (Å²) in [7, 11) is 0. The van der Waals surface area contributed by atoms with Crippen LogP contribution in [0.15, 0.2) is 29.9 Å². The van der Waals surface area contributed by atoms with Crippen LogP contribution in [-0.4, -0.2) is 16.4 Å². The zero-order valence-electron chi connectivity index (χ0n) is 9.60. The second-order valence-electron chi connectivity index (χ2n) is 4.46. The van der Waals surface area contributed by atoms with Crippen LogP contribution in [0, 0.1) is 0 Å². The topological polar surface area (TPSA) is 42.1 Å². The van der Waals surface area contributed by atoms with Crippen molar-refractivity contribution in [3.8, 4) is 0 Å². The molecule has 0 spiro atoms. The van der Waals surface area contributed by atoms with Crippen LogP contribution in [0.1, 0.15) is 16.0 Å². The molecule has 0 atom stereocenters. The Morgan fingerprint density at radius 2 is 2.29 bits per heavy atom. The average Bonchev–Trinajstić information content (AvgIpc) is 2.81. The van der Waals surface area contributed by atoms with E-state index < -0.39 is 0 Å². The third kappa shape index (κ3) is 2.33. The van der Waals surface area contributed by atoms with E-state index in [9.17, 15) is 0 Å². The molecule has 1 aliphatic rings. The van der Waals surface area contributed by atoms with Gasteiger partial charge in [0, 0.05) is 36.4 Å². The van der Waals surface area contributed by atoms with Gasteiger partial charge in [-0.1, -0.05) is 6.07 Å². The molecule has 2 aromatic rings. The first kappa shape index (κ1) is 10.7. The third-order valence-electron chi connectivity index (χ3n) is 3.18. The molecule has 2 heterocycles. The summed E-state index contributed by atoms with van der Waals surface area (Å²) in [5, 5.41) is 0. The smallest absolute Gasteiger partial charge is 0.0794 e. The van der Waals surface area contributed by atoms with Crippen molar-refractivity contribution in [1.82, 2.24) is 9.88 Å². The van der Waals surface area contributed by atoms with Gasteiger partial charge in [0.05, 0.1) is 5.51 Å². The molecule has 3 rings (SSSR count). The molecule has 0 bridgehead atoms. The van der Waals surface area contributed by atoms with Gasteiger partial charge in [-0.25, -0.2) is 0 Å². The Balaban J connectivity index is 1.76. The standard InChI is InChI=1S/C13H15N3S/c14-12-2-1-10-3-4-16(7-11(10)5-12)8-13-6-15-9-17-13/h1-2,5-6,9H,3-4,7-8,14H2. The van der Waals surface area contributed by atoms with E-state index in [1.54, 1.807) is 11.3 Å². The van der Waals surface area contributed by atoms with Crippen LogP contribution in [0.2, 0.25) is 0 Å². The Labute approximate surface area is 105 Å². The number of nitrogens with two attached hydrogens (primary N) is 1. The first-order valence-electron chi connectivity index (χ1n) is 5.78. The van der Waals surface area contributed by atoms with E-state index in [0.717, 1.165) is 31.7 Å². The number of anilines is 1. The minimum Gasteiger partial charge on any atom is -0.399 e. The Kier molecular flexibility index (Phi) is 2.82. The van der Waals surface area contributed by atoms with Gasteiger partial charge < -0.3 is 5.73 Å². The molecule has 88 valence electrons. The molecule has 0 saturated heterocycles. The maximum atomic E-state index is 5.84. The average molecular weight is 245 g/mol. The molecule has 4 heteroatoms. The monoisotopic (exact) mass is 245 g/mol. The number of fused-ring (bicyclic) bond motifs is 1. The molecular weight excluding hydrogens is 230 g/mol. The summed E-state index contributed by atoms with van der Waals surface area (Å²) in [6.07, 6.45) is 3.08. The number of thiazole rings is 1. The molecule has 0 fully saturated rings. The lowest BCUT2D eigenvalue weighted by Crippen LogP contribution is -2.29. The molecule has 1 aromatic heterocycles. The normalized spacial score (nSPS) is 15.8. The van der Waals surface area contributed by atoms with Gasteiger partial charge >= 0.3 is 0 Å². The van der Waals surface area contributed by atoms with Gasteiger partial charge in [0.1, 0.15) is 0 Å². The summed E-state index contributed by atoms with van der Waals surface area (Å²) in [6, 6.07) is 6.26. The van der Waals surface area contributed by atoms with Gasteiger partial charge in [0.25, 0.3) is 0 Å². The summed E-state index contributed by atoms with van der Waals surface area (Å²) < 4.78 is 0. The highest BCUT2D eigenvalue weighted by atomic mass is 32.1. The molecule has 17 heavy (non-hydrogen) atoms. The van der Waals surface area contributed by atoms with Crippen LogP contribution in [0.4, 0.5) is 5.69 Å². The SMILES string of the molecule is Nc1ccc2c(c1)CN(Cc1cncs1)CC2. The molecule has 1 aromatic carbocycles. The molecule has 0 aliphatic carbocycles. The Bertz CT molecular complexity index is 507. The molecule has 1 aliphatic heterocycles. The summed E-state index contributed by atoms with van der Waals surface area (Å²) in [6.45, 7) is 3.12. The van der Waals surface area contributed by atoms with Crippen molar-refractivity contribution in [3.05, 3.63) is 45.9 Å². The minimum atomic E-state index is 0.864. The van der Waals surface area contributed by atoms with E-state index in [1.807, 2.05) is 17.8 Å². The maximum Gasteiger partial charge on any atom is 0.0794 e.